The van der Waals surface area contributed by atoms with E-state index < -0.39 is 0 Å². The van der Waals surface area contributed by atoms with Crippen LogP contribution >= 0.6 is 0 Å². The Morgan fingerprint density at radius 1 is 1.11 bits per heavy atom. The van der Waals surface area contributed by atoms with Crippen molar-refractivity contribution < 1.29 is 0 Å². The minimum absolute atomic E-state index is 0.708. The zero-order chi connectivity index (χ0) is 13.1. The van der Waals surface area contributed by atoms with Gasteiger partial charge in [-0.2, -0.15) is 0 Å². The number of aryl methyl sites for hydroxylation is 2. The van der Waals surface area contributed by atoms with Crippen LogP contribution in [0.15, 0.2) is 12.1 Å². The van der Waals surface area contributed by atoms with Crippen LogP contribution < -0.4 is 5.32 Å². The number of hydrogen-bond donors (Lipinski definition) is 1. The van der Waals surface area contributed by atoms with E-state index in [1.165, 1.54) is 24.1 Å². The van der Waals surface area contributed by atoms with Crippen LogP contribution in [0, 0.1) is 17.8 Å². The van der Waals surface area contributed by atoms with Crippen molar-refractivity contribution >= 4 is 5.82 Å². The van der Waals surface area contributed by atoms with E-state index in [-0.39, 0.29) is 0 Å². The summed E-state index contributed by atoms with van der Waals surface area (Å²) in [6, 6.07) is 4.39. The molecule has 2 nitrogen and oxygen atoms in total. The highest BCUT2D eigenvalue weighted by Crippen LogP contribution is 2.23. The van der Waals surface area contributed by atoms with Crippen molar-refractivity contribution in [2.45, 2.75) is 47.0 Å². The van der Waals surface area contributed by atoms with Crippen molar-refractivity contribution in [1.29, 1.82) is 0 Å². The molecule has 0 amide bonds. The largest absolute Gasteiger partial charge is 0.370 e. The normalized spacial score (nSPS) is 14.6. The first-order valence-corrected chi connectivity index (χ1v) is 7.30. The maximum atomic E-state index is 4.73. The zero-order valence-corrected chi connectivity index (χ0v) is 12.2. The van der Waals surface area contributed by atoms with Crippen LogP contribution in [0.1, 0.15) is 45.4 Å². The molecule has 1 aromatic heterocycles. The number of rotatable bonds is 5. The van der Waals surface area contributed by atoms with Crippen molar-refractivity contribution in [3.63, 3.8) is 0 Å². The Balaban J connectivity index is 1.97. The highest BCUT2D eigenvalue weighted by Gasteiger charge is 2.18. The van der Waals surface area contributed by atoms with Gasteiger partial charge in [0.25, 0.3) is 0 Å². The first-order chi connectivity index (χ1) is 8.58. The van der Waals surface area contributed by atoms with Gasteiger partial charge >= 0.3 is 0 Å². The fourth-order valence-electron chi connectivity index (χ4n) is 2.98. The molecule has 18 heavy (non-hydrogen) atoms. The summed E-state index contributed by atoms with van der Waals surface area (Å²) >= 11 is 0. The number of pyridine rings is 1. The van der Waals surface area contributed by atoms with Crippen molar-refractivity contribution in [3.8, 4) is 0 Å². The molecule has 0 saturated carbocycles. The first kappa shape index (κ1) is 13.4. The van der Waals surface area contributed by atoms with Crippen LogP contribution in [0.25, 0.3) is 0 Å². The molecular formula is C16H26N2. The van der Waals surface area contributed by atoms with E-state index in [4.69, 9.17) is 4.98 Å². The molecule has 0 saturated heterocycles. The molecule has 0 radical (unpaired) electrons. The smallest absolute Gasteiger partial charge is 0.126 e. The lowest BCUT2D eigenvalue weighted by Crippen LogP contribution is -2.24. The van der Waals surface area contributed by atoms with Gasteiger partial charge in [-0.1, -0.05) is 33.8 Å². The molecule has 0 unspecified atom stereocenters. The third-order valence-corrected chi connectivity index (χ3v) is 4.16. The summed E-state index contributed by atoms with van der Waals surface area (Å²) in [5, 5.41) is 3.53. The zero-order valence-electron chi connectivity index (χ0n) is 12.2. The monoisotopic (exact) mass is 246 g/mol. The molecule has 0 atom stereocenters. The van der Waals surface area contributed by atoms with E-state index >= 15 is 0 Å². The van der Waals surface area contributed by atoms with Crippen LogP contribution in [0.4, 0.5) is 5.82 Å². The van der Waals surface area contributed by atoms with E-state index in [1.54, 1.807) is 0 Å². The molecule has 1 N–H and O–H groups in total. The molecule has 0 aliphatic heterocycles. The molecule has 2 heteroatoms. The van der Waals surface area contributed by atoms with Crippen molar-refractivity contribution in [3.05, 3.63) is 23.4 Å². The summed E-state index contributed by atoms with van der Waals surface area (Å²) < 4.78 is 0. The molecule has 1 aromatic rings. The van der Waals surface area contributed by atoms with E-state index in [1.807, 2.05) is 0 Å². The van der Waals surface area contributed by atoms with Crippen molar-refractivity contribution in [1.82, 2.24) is 4.98 Å². The molecule has 0 fully saturated rings. The van der Waals surface area contributed by atoms with Crippen LogP contribution in [0.5, 0.6) is 0 Å². The number of aromatic nitrogens is 1. The van der Waals surface area contributed by atoms with Crippen LogP contribution in [0.3, 0.4) is 0 Å². The molecule has 1 aliphatic rings. The minimum atomic E-state index is 0.708. The topological polar surface area (TPSA) is 24.9 Å². The van der Waals surface area contributed by atoms with Gasteiger partial charge in [0, 0.05) is 12.2 Å². The Hall–Kier alpha value is -1.05. The molecule has 0 spiro atoms. The second-order valence-corrected chi connectivity index (χ2v) is 6.19. The lowest BCUT2D eigenvalue weighted by Gasteiger charge is -2.25. The molecule has 0 aromatic carbocycles. The van der Waals surface area contributed by atoms with Gasteiger partial charge in [-0.3, -0.25) is 0 Å². The van der Waals surface area contributed by atoms with Crippen LogP contribution in [0.2, 0.25) is 0 Å². The number of hydrogen-bond acceptors (Lipinski definition) is 2. The van der Waals surface area contributed by atoms with Gasteiger partial charge < -0.3 is 5.32 Å². The number of fused-ring (bicyclic) bond motifs is 1. The molecule has 2 rings (SSSR count). The summed E-state index contributed by atoms with van der Waals surface area (Å²) in [7, 11) is 0. The van der Waals surface area contributed by atoms with Crippen LogP contribution in [-0.4, -0.2) is 11.5 Å². The van der Waals surface area contributed by atoms with Gasteiger partial charge in [0.05, 0.1) is 0 Å². The Labute approximate surface area is 111 Å². The highest BCUT2D eigenvalue weighted by atomic mass is 15.0. The number of anilines is 1. The molecule has 0 bridgehead atoms. The van der Waals surface area contributed by atoms with Gasteiger partial charge in [0.1, 0.15) is 5.82 Å². The second-order valence-electron chi connectivity index (χ2n) is 6.19. The summed E-state index contributed by atoms with van der Waals surface area (Å²) in [6.07, 6.45) is 3.64. The summed E-state index contributed by atoms with van der Waals surface area (Å²) in [5.74, 6) is 3.20. The standard InChI is InChI=1S/C16H26N2/c1-11(2)14(12(3)4)10-17-16-9-8-13-6-5-7-15(13)18-16/h8-9,11-12,14H,5-7,10H2,1-4H3,(H,17,18). The average Bonchev–Trinajstić information content (AvgIpc) is 2.75. The third kappa shape index (κ3) is 3.04. The summed E-state index contributed by atoms with van der Waals surface area (Å²) in [5.41, 5.74) is 2.76. The van der Waals surface area contributed by atoms with Gasteiger partial charge in [0.2, 0.25) is 0 Å². The number of nitrogens with one attached hydrogen (secondary N) is 1. The van der Waals surface area contributed by atoms with Crippen molar-refractivity contribution in [2.24, 2.45) is 17.8 Å². The highest BCUT2D eigenvalue weighted by molar-refractivity contribution is 5.40. The lowest BCUT2D eigenvalue weighted by molar-refractivity contribution is 0.304. The lowest BCUT2D eigenvalue weighted by atomic mass is 9.85. The minimum Gasteiger partial charge on any atom is -0.370 e. The predicted octanol–water partition coefficient (Wildman–Crippen LogP) is 3.91. The maximum absolute atomic E-state index is 4.73. The maximum Gasteiger partial charge on any atom is 0.126 e. The van der Waals surface area contributed by atoms with Gasteiger partial charge in [0.15, 0.2) is 0 Å². The van der Waals surface area contributed by atoms with Crippen molar-refractivity contribution in [2.75, 3.05) is 11.9 Å². The molecule has 1 aliphatic carbocycles. The third-order valence-electron chi connectivity index (χ3n) is 4.16. The molecule has 100 valence electrons. The van der Waals surface area contributed by atoms with Gasteiger partial charge in [-0.15, -0.1) is 0 Å². The Morgan fingerprint density at radius 2 is 1.83 bits per heavy atom. The van der Waals surface area contributed by atoms with E-state index in [0.717, 1.165) is 18.8 Å². The van der Waals surface area contributed by atoms with Crippen LogP contribution in [-0.2, 0) is 12.8 Å². The Kier molecular flexibility index (Phi) is 4.26. The molecular weight excluding hydrogens is 220 g/mol. The quantitative estimate of drug-likeness (QED) is 0.852. The first-order valence-electron chi connectivity index (χ1n) is 7.30. The Morgan fingerprint density at radius 3 is 2.50 bits per heavy atom. The van der Waals surface area contributed by atoms with E-state index in [0.29, 0.717) is 17.8 Å². The average molecular weight is 246 g/mol. The predicted molar refractivity (Wildman–Crippen MR) is 77.9 cm³/mol. The second kappa shape index (κ2) is 5.73. The summed E-state index contributed by atoms with van der Waals surface area (Å²) in [4.78, 5) is 4.73. The van der Waals surface area contributed by atoms with E-state index in [9.17, 15) is 0 Å². The van der Waals surface area contributed by atoms with Gasteiger partial charge in [-0.05, 0) is 48.6 Å². The fraction of sp³-hybridized carbons (Fsp3) is 0.688. The SMILES string of the molecule is CC(C)C(CNc1ccc2c(n1)CCC2)C(C)C. The fourth-order valence-corrected chi connectivity index (χ4v) is 2.98. The van der Waals surface area contributed by atoms with Gasteiger partial charge in [-0.25, -0.2) is 4.98 Å². The van der Waals surface area contributed by atoms with E-state index in [2.05, 4.69) is 45.1 Å². The Bertz CT molecular complexity index is 388. The number of nitrogens with zero attached hydrogens (tertiary/aromatic N) is 1. The molecule has 1 heterocycles. The summed E-state index contributed by atoms with van der Waals surface area (Å²) in [6.45, 7) is 10.3.